The predicted octanol–water partition coefficient (Wildman–Crippen LogP) is 4.44. The number of hydrogen-bond donors (Lipinski definition) is 1. The maximum atomic E-state index is 11.1. The second-order valence-electron chi connectivity index (χ2n) is 6.02. The van der Waals surface area contributed by atoms with Gasteiger partial charge in [0, 0.05) is 11.3 Å². The second-order valence-corrected chi connectivity index (χ2v) is 6.42. The lowest BCUT2D eigenvalue weighted by Crippen LogP contribution is -2.05. The number of aromatic carboxylic acids is 1. The van der Waals surface area contributed by atoms with Crippen molar-refractivity contribution in [3.8, 4) is 17.2 Å². The molecule has 0 atom stereocenters. The van der Waals surface area contributed by atoms with Gasteiger partial charge in [-0.25, -0.2) is 4.79 Å². The van der Waals surface area contributed by atoms with Crippen molar-refractivity contribution in [3.05, 3.63) is 75.6 Å². The van der Waals surface area contributed by atoms with Crippen LogP contribution in [0.5, 0.6) is 0 Å². The van der Waals surface area contributed by atoms with Crippen LogP contribution in [0.15, 0.2) is 42.5 Å². The van der Waals surface area contributed by atoms with Crippen LogP contribution in [0.2, 0.25) is 5.02 Å². The first-order chi connectivity index (χ1) is 12.4. The van der Waals surface area contributed by atoms with Crippen LogP contribution in [0, 0.1) is 25.2 Å². The second kappa shape index (κ2) is 7.03. The average Bonchev–Trinajstić information content (AvgIpc) is 2.88. The number of aromatic nitrogens is 2. The molecular weight excluding hydrogens is 350 g/mol. The molecule has 3 aromatic rings. The van der Waals surface area contributed by atoms with Crippen molar-refractivity contribution in [3.63, 3.8) is 0 Å². The van der Waals surface area contributed by atoms with E-state index in [1.165, 1.54) is 0 Å². The van der Waals surface area contributed by atoms with Crippen LogP contribution >= 0.6 is 11.6 Å². The van der Waals surface area contributed by atoms with E-state index in [1.54, 1.807) is 30.3 Å². The Balaban J connectivity index is 1.99. The van der Waals surface area contributed by atoms with E-state index < -0.39 is 5.97 Å². The third kappa shape index (κ3) is 3.32. The molecule has 0 amide bonds. The van der Waals surface area contributed by atoms with E-state index in [0.29, 0.717) is 17.1 Å². The van der Waals surface area contributed by atoms with E-state index in [9.17, 15) is 4.79 Å². The highest BCUT2D eigenvalue weighted by Gasteiger charge is 2.15. The number of halogens is 1. The Bertz CT molecular complexity index is 1050. The van der Waals surface area contributed by atoms with Crippen LogP contribution in [0.1, 0.15) is 32.9 Å². The zero-order valence-corrected chi connectivity index (χ0v) is 15.1. The topological polar surface area (TPSA) is 78.9 Å². The van der Waals surface area contributed by atoms with Gasteiger partial charge in [0.15, 0.2) is 0 Å². The Hall–Kier alpha value is -3.10. The Morgan fingerprint density at radius 2 is 2.04 bits per heavy atom. The van der Waals surface area contributed by atoms with E-state index in [0.717, 1.165) is 28.1 Å². The molecule has 3 rings (SSSR count). The normalized spacial score (nSPS) is 10.5. The first-order valence-electron chi connectivity index (χ1n) is 7.97. The fraction of sp³-hybridized carbons (Fsp3) is 0.150. The summed E-state index contributed by atoms with van der Waals surface area (Å²) in [4.78, 5) is 11.1. The van der Waals surface area contributed by atoms with Crippen LogP contribution in [0.3, 0.4) is 0 Å². The summed E-state index contributed by atoms with van der Waals surface area (Å²) in [6, 6.07) is 14.2. The monoisotopic (exact) mass is 365 g/mol. The summed E-state index contributed by atoms with van der Waals surface area (Å²) in [6.45, 7) is 4.35. The minimum absolute atomic E-state index is 0.253. The number of carboxylic acid groups (broad SMARTS) is 1. The summed E-state index contributed by atoms with van der Waals surface area (Å²) < 4.78 is 1.84. The zero-order chi connectivity index (χ0) is 18.8. The van der Waals surface area contributed by atoms with Gasteiger partial charge in [0.2, 0.25) is 0 Å². The van der Waals surface area contributed by atoms with Gasteiger partial charge in [-0.05, 0) is 49.2 Å². The summed E-state index contributed by atoms with van der Waals surface area (Å²) >= 11 is 6.16. The summed E-state index contributed by atoms with van der Waals surface area (Å²) in [5.74, 6) is -0.951. The first-order valence-corrected chi connectivity index (χ1v) is 8.34. The molecule has 0 bridgehead atoms. The van der Waals surface area contributed by atoms with E-state index in [4.69, 9.17) is 22.0 Å². The zero-order valence-electron chi connectivity index (χ0n) is 14.3. The molecule has 0 saturated carbocycles. The van der Waals surface area contributed by atoms with E-state index in [2.05, 4.69) is 11.2 Å². The SMILES string of the molecule is Cc1nn(Cc2cccc(C(=O)O)c2)c(C)c1-c1ccc(C#N)c(Cl)c1. The molecule has 2 aromatic carbocycles. The van der Waals surface area contributed by atoms with Crippen molar-refractivity contribution in [2.75, 3.05) is 0 Å². The number of nitriles is 1. The van der Waals surface area contributed by atoms with Gasteiger partial charge in [-0.3, -0.25) is 4.68 Å². The van der Waals surface area contributed by atoms with Crippen molar-refractivity contribution in [1.82, 2.24) is 9.78 Å². The number of rotatable bonds is 4. The standard InChI is InChI=1S/C20H16ClN3O2/c1-12-19(15-6-7-17(10-22)18(21)9-15)13(2)24(23-12)11-14-4-3-5-16(8-14)20(25)26/h3-9H,11H2,1-2H3,(H,25,26). The van der Waals surface area contributed by atoms with Gasteiger partial charge < -0.3 is 5.11 Å². The van der Waals surface area contributed by atoms with Gasteiger partial charge in [-0.15, -0.1) is 0 Å². The molecule has 0 aliphatic heterocycles. The molecule has 0 aliphatic rings. The van der Waals surface area contributed by atoms with Gasteiger partial charge in [0.1, 0.15) is 6.07 Å². The Kier molecular flexibility index (Phi) is 4.79. The summed E-state index contributed by atoms with van der Waals surface area (Å²) in [5.41, 5.74) is 5.20. The smallest absolute Gasteiger partial charge is 0.335 e. The minimum Gasteiger partial charge on any atom is -0.478 e. The van der Waals surface area contributed by atoms with E-state index in [-0.39, 0.29) is 5.56 Å². The van der Waals surface area contributed by atoms with Crippen LogP contribution in [-0.4, -0.2) is 20.9 Å². The maximum absolute atomic E-state index is 11.1. The average molecular weight is 366 g/mol. The van der Waals surface area contributed by atoms with Gasteiger partial charge >= 0.3 is 5.97 Å². The van der Waals surface area contributed by atoms with Crippen LogP contribution in [0.25, 0.3) is 11.1 Å². The number of carbonyl (C=O) groups is 1. The molecule has 0 spiro atoms. The molecule has 0 unspecified atom stereocenters. The molecule has 6 heteroatoms. The predicted molar refractivity (Wildman–Crippen MR) is 99.4 cm³/mol. The number of benzene rings is 2. The largest absolute Gasteiger partial charge is 0.478 e. The fourth-order valence-corrected chi connectivity index (χ4v) is 3.23. The van der Waals surface area contributed by atoms with Crippen molar-refractivity contribution in [2.24, 2.45) is 0 Å². The lowest BCUT2D eigenvalue weighted by molar-refractivity contribution is 0.0696. The van der Waals surface area contributed by atoms with Crippen LogP contribution in [-0.2, 0) is 6.54 Å². The van der Waals surface area contributed by atoms with Gasteiger partial charge in [-0.1, -0.05) is 29.8 Å². The molecule has 1 heterocycles. The maximum Gasteiger partial charge on any atom is 0.335 e. The minimum atomic E-state index is -0.951. The van der Waals surface area contributed by atoms with Crippen molar-refractivity contribution < 1.29 is 9.90 Å². The molecular formula is C20H16ClN3O2. The number of nitrogens with zero attached hydrogens (tertiary/aromatic N) is 3. The number of hydrogen-bond acceptors (Lipinski definition) is 3. The number of carboxylic acids is 1. The first kappa shape index (κ1) is 17.7. The third-order valence-corrected chi connectivity index (χ3v) is 4.58. The van der Waals surface area contributed by atoms with Crippen LogP contribution in [0.4, 0.5) is 0 Å². The molecule has 0 radical (unpaired) electrons. The van der Waals surface area contributed by atoms with Gasteiger partial charge in [-0.2, -0.15) is 10.4 Å². The molecule has 0 fully saturated rings. The van der Waals surface area contributed by atoms with Crippen molar-refractivity contribution in [2.45, 2.75) is 20.4 Å². The highest BCUT2D eigenvalue weighted by molar-refractivity contribution is 6.32. The molecule has 1 N–H and O–H groups in total. The fourth-order valence-electron chi connectivity index (χ4n) is 3.01. The molecule has 130 valence electrons. The lowest BCUT2D eigenvalue weighted by Gasteiger charge is -2.07. The van der Waals surface area contributed by atoms with Gasteiger partial charge in [0.25, 0.3) is 0 Å². The third-order valence-electron chi connectivity index (χ3n) is 4.27. The molecule has 0 aliphatic carbocycles. The van der Waals surface area contributed by atoms with E-state index >= 15 is 0 Å². The highest BCUT2D eigenvalue weighted by atomic mass is 35.5. The summed E-state index contributed by atoms with van der Waals surface area (Å²) in [7, 11) is 0. The summed E-state index contributed by atoms with van der Waals surface area (Å²) in [6.07, 6.45) is 0. The number of aryl methyl sites for hydroxylation is 1. The van der Waals surface area contributed by atoms with Crippen molar-refractivity contribution >= 4 is 17.6 Å². The van der Waals surface area contributed by atoms with E-state index in [1.807, 2.05) is 30.7 Å². The Morgan fingerprint density at radius 1 is 1.27 bits per heavy atom. The Morgan fingerprint density at radius 3 is 2.69 bits per heavy atom. The lowest BCUT2D eigenvalue weighted by atomic mass is 10.0. The molecule has 0 saturated heterocycles. The highest BCUT2D eigenvalue weighted by Crippen LogP contribution is 2.30. The summed E-state index contributed by atoms with van der Waals surface area (Å²) in [5, 5.41) is 23.2. The van der Waals surface area contributed by atoms with Crippen LogP contribution < -0.4 is 0 Å². The molecule has 1 aromatic heterocycles. The molecule has 5 nitrogen and oxygen atoms in total. The van der Waals surface area contributed by atoms with Crippen molar-refractivity contribution in [1.29, 1.82) is 5.26 Å². The quantitative estimate of drug-likeness (QED) is 0.741. The Labute approximate surface area is 156 Å². The van der Waals surface area contributed by atoms with Gasteiger partial charge in [0.05, 0.1) is 28.4 Å². The molecule has 26 heavy (non-hydrogen) atoms.